The van der Waals surface area contributed by atoms with Crippen molar-refractivity contribution < 1.29 is 28.4 Å². The molecule has 5 nitrogen and oxygen atoms in total. The minimum Gasteiger partial charge on any atom is -0.374 e. The van der Waals surface area contributed by atoms with Crippen LogP contribution in [0, 0.1) is 0 Å². The van der Waals surface area contributed by atoms with Crippen LogP contribution in [-0.4, -0.2) is 42.5 Å². The first-order valence-electron chi connectivity index (χ1n) is 11.1. The smallest absolute Gasteiger partial charge is 0.224 e. The van der Waals surface area contributed by atoms with E-state index in [-0.39, 0.29) is 19.8 Å². The van der Waals surface area contributed by atoms with Gasteiger partial charge >= 0.3 is 0 Å². The van der Waals surface area contributed by atoms with Crippen molar-refractivity contribution in [3.63, 3.8) is 0 Å². The van der Waals surface area contributed by atoms with Crippen LogP contribution in [0.1, 0.15) is 16.7 Å². The Labute approximate surface area is 193 Å². The molecule has 0 bridgehead atoms. The average molecular weight is 453 g/mol. The molecule has 0 aliphatic carbocycles. The van der Waals surface area contributed by atoms with Gasteiger partial charge in [-0.25, -0.2) is 4.39 Å². The molecular formula is C27H29FO5. The van der Waals surface area contributed by atoms with Crippen LogP contribution in [-0.2, 0) is 38.8 Å². The van der Waals surface area contributed by atoms with Gasteiger partial charge in [0.25, 0.3) is 0 Å². The molecule has 1 N–H and O–H groups in total. The second kappa shape index (κ2) is 11.5. The molecule has 0 saturated carbocycles. The zero-order chi connectivity index (χ0) is 22.9. The maximum absolute atomic E-state index is 14.0. The Hall–Kier alpha value is -2.61. The van der Waals surface area contributed by atoms with Gasteiger partial charge in [0.1, 0.15) is 25.0 Å². The fraction of sp³-hybridized carbons (Fsp3) is 0.333. The van der Waals surface area contributed by atoms with E-state index in [0.29, 0.717) is 6.61 Å². The molecule has 3 aromatic rings. The molecule has 0 spiro atoms. The topological polar surface area (TPSA) is 57.2 Å². The van der Waals surface area contributed by atoms with Gasteiger partial charge in [-0.3, -0.25) is 0 Å². The van der Waals surface area contributed by atoms with Gasteiger partial charge in [0.15, 0.2) is 0 Å². The summed E-state index contributed by atoms with van der Waals surface area (Å²) in [7, 11) is 0. The second-order valence-electron chi connectivity index (χ2n) is 8.11. The highest BCUT2D eigenvalue weighted by molar-refractivity contribution is 5.15. The number of aliphatic hydroxyl groups is 1. The Morgan fingerprint density at radius 3 is 1.73 bits per heavy atom. The molecule has 0 unspecified atom stereocenters. The van der Waals surface area contributed by atoms with Crippen molar-refractivity contribution in [2.45, 2.75) is 43.9 Å². The van der Waals surface area contributed by atoms with Crippen LogP contribution < -0.4 is 0 Å². The summed E-state index contributed by atoms with van der Waals surface area (Å²) in [4.78, 5) is 0. The van der Waals surface area contributed by atoms with Gasteiger partial charge in [0.2, 0.25) is 5.79 Å². The van der Waals surface area contributed by atoms with Crippen molar-refractivity contribution in [2.75, 3.05) is 13.3 Å². The lowest BCUT2D eigenvalue weighted by molar-refractivity contribution is -0.250. The number of halogens is 1. The van der Waals surface area contributed by atoms with E-state index in [4.69, 9.17) is 18.9 Å². The van der Waals surface area contributed by atoms with Crippen molar-refractivity contribution in [3.05, 3.63) is 108 Å². The number of hydrogen-bond donors (Lipinski definition) is 1. The molecule has 33 heavy (non-hydrogen) atoms. The maximum atomic E-state index is 14.0. The number of benzene rings is 3. The molecule has 1 heterocycles. The lowest BCUT2D eigenvalue weighted by atomic mass is 10.1. The molecule has 0 amide bonds. The molecule has 1 saturated heterocycles. The number of hydrogen-bond acceptors (Lipinski definition) is 5. The first kappa shape index (κ1) is 23.5. The SMILES string of the molecule is O[C@@]1(CF)O[C@H](COCc2ccccc2)[C@@H](OCc2ccccc2)[C@@H]1OCc1ccccc1. The van der Waals surface area contributed by atoms with Crippen molar-refractivity contribution in [2.24, 2.45) is 0 Å². The zero-order valence-electron chi connectivity index (χ0n) is 18.4. The molecule has 4 rings (SSSR count). The summed E-state index contributed by atoms with van der Waals surface area (Å²) in [6, 6.07) is 28.9. The standard InChI is InChI=1S/C27H29FO5/c28-20-27(29)26(32-18-23-14-8-3-9-15-23)25(31-17-22-12-6-2-7-13-22)24(33-27)19-30-16-21-10-4-1-5-11-21/h1-15,24-26,29H,16-20H2/t24-,25-,26+,27+/m1/s1. The first-order chi connectivity index (χ1) is 16.2. The molecule has 3 aromatic carbocycles. The third-order valence-corrected chi connectivity index (χ3v) is 5.61. The van der Waals surface area contributed by atoms with E-state index in [0.717, 1.165) is 16.7 Å². The maximum Gasteiger partial charge on any atom is 0.224 e. The molecule has 0 radical (unpaired) electrons. The third-order valence-electron chi connectivity index (χ3n) is 5.61. The molecule has 4 atom stereocenters. The quantitative estimate of drug-likeness (QED) is 0.467. The van der Waals surface area contributed by atoms with Crippen LogP contribution in [0.2, 0.25) is 0 Å². The summed E-state index contributed by atoms with van der Waals surface area (Å²) in [6.07, 6.45) is -2.43. The van der Waals surface area contributed by atoms with Crippen molar-refractivity contribution in [3.8, 4) is 0 Å². The number of rotatable bonds is 11. The van der Waals surface area contributed by atoms with Crippen molar-refractivity contribution in [1.29, 1.82) is 0 Å². The van der Waals surface area contributed by atoms with Crippen molar-refractivity contribution >= 4 is 0 Å². The summed E-state index contributed by atoms with van der Waals surface area (Å²) in [5, 5.41) is 10.9. The van der Waals surface area contributed by atoms with E-state index < -0.39 is 30.8 Å². The molecule has 1 aliphatic rings. The van der Waals surface area contributed by atoms with E-state index in [1.165, 1.54) is 0 Å². The van der Waals surface area contributed by atoms with Gasteiger partial charge in [0, 0.05) is 0 Å². The minimum absolute atomic E-state index is 0.127. The minimum atomic E-state index is -2.11. The summed E-state index contributed by atoms with van der Waals surface area (Å²) >= 11 is 0. The fourth-order valence-corrected chi connectivity index (χ4v) is 3.90. The van der Waals surface area contributed by atoms with E-state index in [1.807, 2.05) is 91.0 Å². The summed E-state index contributed by atoms with van der Waals surface area (Å²) in [5.74, 6) is -2.11. The Balaban J connectivity index is 1.47. The molecule has 1 aliphatic heterocycles. The van der Waals surface area contributed by atoms with Crippen LogP contribution in [0.3, 0.4) is 0 Å². The highest BCUT2D eigenvalue weighted by Crippen LogP contribution is 2.35. The predicted molar refractivity (Wildman–Crippen MR) is 122 cm³/mol. The van der Waals surface area contributed by atoms with Gasteiger partial charge in [-0.05, 0) is 16.7 Å². The van der Waals surface area contributed by atoms with E-state index in [9.17, 15) is 9.50 Å². The van der Waals surface area contributed by atoms with Crippen LogP contribution in [0.5, 0.6) is 0 Å². The third kappa shape index (κ3) is 6.25. The van der Waals surface area contributed by atoms with Gasteiger partial charge in [-0.1, -0.05) is 91.0 Å². The Morgan fingerprint density at radius 2 is 1.21 bits per heavy atom. The second-order valence-corrected chi connectivity index (χ2v) is 8.11. The fourth-order valence-electron chi connectivity index (χ4n) is 3.90. The lowest BCUT2D eigenvalue weighted by Crippen LogP contribution is -2.47. The van der Waals surface area contributed by atoms with Crippen LogP contribution in [0.25, 0.3) is 0 Å². The Kier molecular flexibility index (Phi) is 8.20. The van der Waals surface area contributed by atoms with Gasteiger partial charge in [-0.2, -0.15) is 0 Å². The molecule has 0 aromatic heterocycles. The molecule has 174 valence electrons. The zero-order valence-corrected chi connectivity index (χ0v) is 18.4. The van der Waals surface area contributed by atoms with Gasteiger partial charge in [-0.15, -0.1) is 0 Å². The van der Waals surface area contributed by atoms with E-state index in [1.54, 1.807) is 0 Å². The van der Waals surface area contributed by atoms with Crippen LogP contribution in [0.15, 0.2) is 91.0 Å². The highest BCUT2D eigenvalue weighted by Gasteiger charge is 2.56. The summed E-state index contributed by atoms with van der Waals surface area (Å²) in [6.45, 7) is -0.151. The molecular weight excluding hydrogens is 423 g/mol. The van der Waals surface area contributed by atoms with Gasteiger partial charge < -0.3 is 24.1 Å². The average Bonchev–Trinajstić information content (AvgIpc) is 3.14. The Bertz CT molecular complexity index is 956. The molecule has 1 fully saturated rings. The van der Waals surface area contributed by atoms with Gasteiger partial charge in [0.05, 0.1) is 26.4 Å². The monoisotopic (exact) mass is 452 g/mol. The number of alkyl halides is 1. The normalized spacial score (nSPS) is 24.7. The lowest BCUT2D eigenvalue weighted by Gasteiger charge is -2.28. The Morgan fingerprint density at radius 1 is 0.727 bits per heavy atom. The largest absolute Gasteiger partial charge is 0.374 e. The summed E-state index contributed by atoms with van der Waals surface area (Å²) < 4.78 is 37.7. The van der Waals surface area contributed by atoms with E-state index in [2.05, 4.69) is 0 Å². The first-order valence-corrected chi connectivity index (χ1v) is 11.1. The van der Waals surface area contributed by atoms with Crippen LogP contribution in [0.4, 0.5) is 4.39 Å². The van der Waals surface area contributed by atoms with Crippen LogP contribution >= 0.6 is 0 Å². The predicted octanol–water partition coefficient (Wildman–Crippen LogP) is 4.43. The number of ether oxygens (including phenoxy) is 4. The van der Waals surface area contributed by atoms with E-state index >= 15 is 0 Å². The summed E-state index contributed by atoms with van der Waals surface area (Å²) in [5.41, 5.74) is 2.87. The molecule has 6 heteroatoms. The highest BCUT2D eigenvalue weighted by atomic mass is 19.1. The van der Waals surface area contributed by atoms with Crippen molar-refractivity contribution in [1.82, 2.24) is 0 Å².